The first-order valence-corrected chi connectivity index (χ1v) is 8.04. The van der Waals surface area contributed by atoms with Gasteiger partial charge >= 0.3 is 0 Å². The van der Waals surface area contributed by atoms with Crippen LogP contribution in [0.4, 0.5) is 0 Å². The highest BCUT2D eigenvalue weighted by Crippen LogP contribution is 2.18. The Hall–Kier alpha value is -1.39. The molecule has 1 aromatic carbocycles. The van der Waals surface area contributed by atoms with E-state index in [1.54, 1.807) is 0 Å². The van der Waals surface area contributed by atoms with Crippen molar-refractivity contribution in [2.75, 3.05) is 13.6 Å². The Bertz CT molecular complexity index is 561. The number of imidazole rings is 1. The van der Waals surface area contributed by atoms with E-state index in [4.69, 9.17) is 10.7 Å². The van der Waals surface area contributed by atoms with E-state index in [0.29, 0.717) is 0 Å². The van der Waals surface area contributed by atoms with Crippen molar-refractivity contribution >= 4 is 11.0 Å². The van der Waals surface area contributed by atoms with Crippen molar-refractivity contribution in [2.24, 2.45) is 5.73 Å². The molecule has 4 heteroatoms. The Morgan fingerprint density at radius 3 is 2.76 bits per heavy atom. The van der Waals surface area contributed by atoms with Crippen LogP contribution in [0.1, 0.15) is 38.9 Å². The van der Waals surface area contributed by atoms with E-state index < -0.39 is 0 Å². The predicted molar refractivity (Wildman–Crippen MR) is 89.2 cm³/mol. The second kappa shape index (κ2) is 7.57. The number of unbranched alkanes of at least 4 members (excludes halogenated alkanes) is 1. The summed E-state index contributed by atoms with van der Waals surface area (Å²) in [5.41, 5.74) is 8.44. The van der Waals surface area contributed by atoms with Crippen LogP contribution in [0.15, 0.2) is 24.3 Å². The average Bonchev–Trinajstić information content (AvgIpc) is 2.82. The fourth-order valence-electron chi connectivity index (χ4n) is 2.56. The quantitative estimate of drug-likeness (QED) is 0.812. The summed E-state index contributed by atoms with van der Waals surface area (Å²) < 4.78 is 2.30. The van der Waals surface area contributed by atoms with E-state index >= 15 is 0 Å². The smallest absolute Gasteiger partial charge is 0.124 e. The van der Waals surface area contributed by atoms with Gasteiger partial charge in [0.05, 0.1) is 17.6 Å². The topological polar surface area (TPSA) is 47.1 Å². The first-order chi connectivity index (χ1) is 10.2. The van der Waals surface area contributed by atoms with Crippen molar-refractivity contribution < 1.29 is 0 Å². The molecule has 0 bridgehead atoms. The van der Waals surface area contributed by atoms with Crippen LogP contribution in [-0.4, -0.2) is 34.1 Å². The van der Waals surface area contributed by atoms with Crippen molar-refractivity contribution in [3.63, 3.8) is 0 Å². The third-order valence-electron chi connectivity index (χ3n) is 3.98. The Labute approximate surface area is 128 Å². The molecule has 1 unspecified atom stereocenters. The zero-order valence-corrected chi connectivity index (χ0v) is 13.5. The summed E-state index contributed by atoms with van der Waals surface area (Å²) >= 11 is 0. The molecule has 2 N–H and O–H groups in total. The molecular formula is C17H28N4. The maximum atomic E-state index is 6.17. The SMILES string of the molecule is CCCCN(C)Cc1nc2ccccc2n1CC(N)CC. The van der Waals surface area contributed by atoms with Crippen LogP contribution in [0.2, 0.25) is 0 Å². The molecule has 1 aromatic heterocycles. The zero-order chi connectivity index (χ0) is 15.2. The van der Waals surface area contributed by atoms with Gasteiger partial charge < -0.3 is 10.3 Å². The molecule has 0 aliphatic carbocycles. The van der Waals surface area contributed by atoms with E-state index in [0.717, 1.165) is 37.4 Å². The third kappa shape index (κ3) is 4.05. The number of fused-ring (bicyclic) bond motifs is 1. The molecular weight excluding hydrogens is 260 g/mol. The monoisotopic (exact) mass is 288 g/mol. The molecule has 0 saturated heterocycles. The van der Waals surface area contributed by atoms with Crippen LogP contribution >= 0.6 is 0 Å². The van der Waals surface area contributed by atoms with Crippen LogP contribution in [0.25, 0.3) is 11.0 Å². The van der Waals surface area contributed by atoms with Gasteiger partial charge in [-0.1, -0.05) is 32.4 Å². The van der Waals surface area contributed by atoms with Gasteiger partial charge in [-0.15, -0.1) is 0 Å². The van der Waals surface area contributed by atoms with Crippen LogP contribution in [-0.2, 0) is 13.1 Å². The summed E-state index contributed by atoms with van der Waals surface area (Å²) in [5.74, 6) is 1.12. The van der Waals surface area contributed by atoms with E-state index in [9.17, 15) is 0 Å². The van der Waals surface area contributed by atoms with Crippen molar-refractivity contribution in [2.45, 2.75) is 52.2 Å². The van der Waals surface area contributed by atoms with Crippen molar-refractivity contribution in [1.82, 2.24) is 14.5 Å². The summed E-state index contributed by atoms with van der Waals surface area (Å²) in [6.45, 7) is 7.19. The van der Waals surface area contributed by atoms with Gasteiger partial charge in [0.2, 0.25) is 0 Å². The highest BCUT2D eigenvalue weighted by Gasteiger charge is 2.14. The lowest BCUT2D eigenvalue weighted by atomic mass is 10.2. The summed E-state index contributed by atoms with van der Waals surface area (Å²) in [4.78, 5) is 7.16. The van der Waals surface area contributed by atoms with Crippen molar-refractivity contribution in [1.29, 1.82) is 0 Å². The normalized spacial score (nSPS) is 13.2. The Morgan fingerprint density at radius 1 is 1.29 bits per heavy atom. The Morgan fingerprint density at radius 2 is 2.05 bits per heavy atom. The van der Waals surface area contributed by atoms with E-state index in [1.807, 2.05) is 6.07 Å². The number of rotatable bonds is 8. The number of nitrogens with two attached hydrogens (primary N) is 1. The number of aromatic nitrogens is 2. The second-order valence-electron chi connectivity index (χ2n) is 5.89. The lowest BCUT2D eigenvalue weighted by Crippen LogP contribution is -2.28. The fraction of sp³-hybridized carbons (Fsp3) is 0.588. The first-order valence-electron chi connectivity index (χ1n) is 8.04. The van der Waals surface area contributed by atoms with Gasteiger partial charge in [0.15, 0.2) is 0 Å². The minimum absolute atomic E-state index is 0.183. The van der Waals surface area contributed by atoms with Gasteiger partial charge in [-0.3, -0.25) is 4.90 Å². The molecule has 116 valence electrons. The minimum Gasteiger partial charge on any atom is -0.326 e. The summed E-state index contributed by atoms with van der Waals surface area (Å²) in [6.07, 6.45) is 3.43. The highest BCUT2D eigenvalue weighted by molar-refractivity contribution is 5.75. The summed E-state index contributed by atoms with van der Waals surface area (Å²) in [6, 6.07) is 8.52. The van der Waals surface area contributed by atoms with Crippen LogP contribution in [0.5, 0.6) is 0 Å². The fourth-order valence-corrected chi connectivity index (χ4v) is 2.56. The largest absolute Gasteiger partial charge is 0.326 e. The molecule has 0 amide bonds. The molecule has 2 aromatic rings. The van der Waals surface area contributed by atoms with Gasteiger partial charge in [0.25, 0.3) is 0 Å². The Kier molecular flexibility index (Phi) is 5.76. The molecule has 21 heavy (non-hydrogen) atoms. The Balaban J connectivity index is 2.26. The molecule has 0 fully saturated rings. The van der Waals surface area contributed by atoms with Gasteiger partial charge in [-0.2, -0.15) is 0 Å². The molecule has 0 aliphatic rings. The molecule has 0 aliphatic heterocycles. The highest BCUT2D eigenvalue weighted by atomic mass is 15.2. The molecule has 1 heterocycles. The number of hydrogen-bond donors (Lipinski definition) is 1. The molecule has 1 atom stereocenters. The molecule has 0 radical (unpaired) electrons. The van der Waals surface area contributed by atoms with Crippen molar-refractivity contribution in [3.8, 4) is 0 Å². The predicted octanol–water partition coefficient (Wildman–Crippen LogP) is 3.01. The third-order valence-corrected chi connectivity index (χ3v) is 3.98. The lowest BCUT2D eigenvalue weighted by molar-refractivity contribution is 0.306. The molecule has 0 saturated carbocycles. The van der Waals surface area contributed by atoms with E-state index in [-0.39, 0.29) is 6.04 Å². The summed E-state index contributed by atoms with van der Waals surface area (Å²) in [7, 11) is 2.17. The standard InChI is InChI=1S/C17H28N4/c1-4-6-11-20(3)13-17-19-15-9-7-8-10-16(15)21(17)12-14(18)5-2/h7-10,14H,4-6,11-13,18H2,1-3H3. The maximum Gasteiger partial charge on any atom is 0.124 e. The van der Waals surface area contributed by atoms with Crippen LogP contribution in [0, 0.1) is 0 Å². The number of benzene rings is 1. The zero-order valence-electron chi connectivity index (χ0n) is 13.5. The van der Waals surface area contributed by atoms with Gasteiger partial charge in [-0.05, 0) is 38.6 Å². The van der Waals surface area contributed by atoms with Crippen molar-refractivity contribution in [3.05, 3.63) is 30.1 Å². The second-order valence-corrected chi connectivity index (χ2v) is 5.89. The van der Waals surface area contributed by atoms with Gasteiger partial charge in [0, 0.05) is 12.6 Å². The molecule has 2 rings (SSSR count). The van der Waals surface area contributed by atoms with Gasteiger partial charge in [-0.25, -0.2) is 4.98 Å². The number of hydrogen-bond acceptors (Lipinski definition) is 3. The average molecular weight is 288 g/mol. The maximum absolute atomic E-state index is 6.17. The van der Waals surface area contributed by atoms with E-state index in [2.05, 4.69) is 48.6 Å². The molecule has 4 nitrogen and oxygen atoms in total. The number of para-hydroxylation sites is 2. The first kappa shape index (κ1) is 16.0. The van der Waals surface area contributed by atoms with E-state index in [1.165, 1.54) is 18.4 Å². The van der Waals surface area contributed by atoms with Gasteiger partial charge in [0.1, 0.15) is 5.82 Å². The number of nitrogens with zero attached hydrogens (tertiary/aromatic N) is 3. The van der Waals surface area contributed by atoms with Crippen LogP contribution in [0.3, 0.4) is 0 Å². The summed E-state index contributed by atoms with van der Waals surface area (Å²) in [5, 5.41) is 0. The molecule has 0 spiro atoms. The van der Waals surface area contributed by atoms with Crippen LogP contribution < -0.4 is 5.73 Å². The lowest BCUT2D eigenvalue weighted by Gasteiger charge is -2.18. The minimum atomic E-state index is 0.183.